The molecule has 0 unspecified atom stereocenters. The van der Waals surface area contributed by atoms with Crippen LogP contribution in [0, 0.1) is 6.92 Å². The Labute approximate surface area is 131 Å². The van der Waals surface area contributed by atoms with E-state index in [0.29, 0.717) is 22.2 Å². The summed E-state index contributed by atoms with van der Waals surface area (Å²) in [6.07, 6.45) is 0.918. The quantitative estimate of drug-likeness (QED) is 0.910. The van der Waals surface area contributed by atoms with Gasteiger partial charge in [0.25, 0.3) is 0 Å². The van der Waals surface area contributed by atoms with Crippen molar-refractivity contribution in [2.24, 2.45) is 0 Å². The summed E-state index contributed by atoms with van der Waals surface area (Å²) in [5.41, 5.74) is 1.67. The fraction of sp³-hybridized carbons (Fsp3) is 0.286. The second-order valence-electron chi connectivity index (χ2n) is 4.33. The van der Waals surface area contributed by atoms with Gasteiger partial charge in [-0.1, -0.05) is 29.3 Å². The zero-order chi connectivity index (χ0) is 14.5. The van der Waals surface area contributed by atoms with E-state index in [2.05, 4.69) is 10.3 Å². The summed E-state index contributed by atoms with van der Waals surface area (Å²) in [6, 6.07) is 5.22. The number of aryl methyl sites for hydroxylation is 1. The third kappa shape index (κ3) is 4.20. The summed E-state index contributed by atoms with van der Waals surface area (Å²) in [5, 5.41) is 6.93. The summed E-state index contributed by atoms with van der Waals surface area (Å²) in [5.74, 6) is -0.0908. The number of aromatic nitrogens is 1. The van der Waals surface area contributed by atoms with Crippen LogP contribution in [0.4, 0.5) is 0 Å². The van der Waals surface area contributed by atoms with Crippen molar-refractivity contribution in [3.63, 3.8) is 0 Å². The zero-order valence-electron chi connectivity index (χ0n) is 11.0. The van der Waals surface area contributed by atoms with Crippen LogP contribution in [0.3, 0.4) is 0 Å². The maximum Gasteiger partial charge on any atom is 0.224 e. The minimum atomic E-state index is -0.0908. The molecule has 0 spiro atoms. The average molecular weight is 329 g/mol. The fourth-order valence-electron chi connectivity index (χ4n) is 1.78. The lowest BCUT2D eigenvalue weighted by molar-refractivity contribution is -0.120. The van der Waals surface area contributed by atoms with E-state index in [1.54, 1.807) is 29.5 Å². The highest BCUT2D eigenvalue weighted by molar-refractivity contribution is 7.09. The van der Waals surface area contributed by atoms with Gasteiger partial charge in [0.2, 0.25) is 5.91 Å². The van der Waals surface area contributed by atoms with Gasteiger partial charge in [0.05, 0.1) is 17.1 Å². The van der Waals surface area contributed by atoms with Gasteiger partial charge in [-0.15, -0.1) is 11.3 Å². The lowest BCUT2D eigenvalue weighted by Gasteiger charge is -2.07. The number of carbonyl (C=O) groups is 1. The van der Waals surface area contributed by atoms with E-state index < -0.39 is 0 Å². The molecule has 0 saturated heterocycles. The van der Waals surface area contributed by atoms with Crippen molar-refractivity contribution in [2.75, 3.05) is 6.54 Å². The number of halogens is 2. The molecule has 0 radical (unpaired) electrons. The third-order valence-corrected chi connectivity index (χ3v) is 4.30. The van der Waals surface area contributed by atoms with E-state index in [4.69, 9.17) is 23.2 Å². The van der Waals surface area contributed by atoms with Crippen LogP contribution in [0.1, 0.15) is 16.3 Å². The molecule has 0 aliphatic carbocycles. The fourth-order valence-corrected chi connectivity index (χ4v) is 2.96. The Morgan fingerprint density at radius 3 is 2.65 bits per heavy atom. The van der Waals surface area contributed by atoms with Crippen molar-refractivity contribution in [2.45, 2.75) is 19.8 Å². The molecule has 1 heterocycles. The minimum absolute atomic E-state index is 0.0908. The van der Waals surface area contributed by atoms with Gasteiger partial charge in [0, 0.05) is 28.4 Å². The summed E-state index contributed by atoms with van der Waals surface area (Å²) >= 11 is 13.7. The number of hydrogen-bond donors (Lipinski definition) is 1. The molecule has 20 heavy (non-hydrogen) atoms. The topological polar surface area (TPSA) is 42.0 Å². The second-order valence-corrected chi connectivity index (χ2v) is 6.21. The van der Waals surface area contributed by atoms with Gasteiger partial charge >= 0.3 is 0 Å². The van der Waals surface area contributed by atoms with Crippen molar-refractivity contribution in [1.82, 2.24) is 10.3 Å². The first-order chi connectivity index (χ1) is 9.56. The van der Waals surface area contributed by atoms with Gasteiger partial charge in [0.1, 0.15) is 0 Å². The van der Waals surface area contributed by atoms with Gasteiger partial charge in [-0.3, -0.25) is 4.79 Å². The van der Waals surface area contributed by atoms with E-state index in [1.165, 1.54) is 0 Å². The number of amides is 1. The van der Waals surface area contributed by atoms with Crippen molar-refractivity contribution < 1.29 is 4.79 Å². The summed E-state index contributed by atoms with van der Waals surface area (Å²) in [7, 11) is 0. The summed E-state index contributed by atoms with van der Waals surface area (Å²) in [4.78, 5) is 16.2. The number of benzene rings is 1. The molecule has 0 saturated carbocycles. The molecular formula is C14H14Cl2N2OS. The van der Waals surface area contributed by atoms with Crippen molar-refractivity contribution >= 4 is 40.4 Å². The summed E-state index contributed by atoms with van der Waals surface area (Å²) < 4.78 is 0. The molecule has 0 fully saturated rings. The van der Waals surface area contributed by atoms with Crippen LogP contribution in [-0.2, 0) is 17.6 Å². The monoisotopic (exact) mass is 328 g/mol. The molecule has 1 aromatic carbocycles. The number of nitrogens with one attached hydrogen (secondary N) is 1. The Balaban J connectivity index is 1.84. The normalized spacial score (nSPS) is 10.6. The van der Waals surface area contributed by atoms with Crippen LogP contribution in [0.15, 0.2) is 23.6 Å². The Morgan fingerprint density at radius 1 is 1.35 bits per heavy atom. The molecule has 0 atom stereocenters. The smallest absolute Gasteiger partial charge is 0.224 e. The Morgan fingerprint density at radius 2 is 2.05 bits per heavy atom. The van der Waals surface area contributed by atoms with E-state index in [1.807, 2.05) is 12.3 Å². The molecule has 2 rings (SSSR count). The second kappa shape index (κ2) is 7.07. The van der Waals surface area contributed by atoms with Gasteiger partial charge in [0.15, 0.2) is 0 Å². The zero-order valence-corrected chi connectivity index (χ0v) is 13.3. The molecule has 0 aliphatic heterocycles. The van der Waals surface area contributed by atoms with Crippen LogP contribution >= 0.6 is 34.5 Å². The van der Waals surface area contributed by atoms with E-state index in [9.17, 15) is 4.79 Å². The SMILES string of the molecule is Cc1nc(CCNC(=O)Cc2c(Cl)cccc2Cl)cs1. The molecule has 106 valence electrons. The molecule has 3 nitrogen and oxygen atoms in total. The minimum Gasteiger partial charge on any atom is -0.355 e. The van der Waals surface area contributed by atoms with Gasteiger partial charge in [-0.2, -0.15) is 0 Å². The van der Waals surface area contributed by atoms with E-state index in [0.717, 1.165) is 17.1 Å². The first-order valence-corrected chi connectivity index (χ1v) is 7.80. The average Bonchev–Trinajstić information content (AvgIpc) is 2.80. The van der Waals surface area contributed by atoms with Crippen LogP contribution in [0.2, 0.25) is 10.0 Å². The number of thiazole rings is 1. The molecule has 2 aromatic rings. The molecular weight excluding hydrogens is 315 g/mol. The summed E-state index contributed by atoms with van der Waals surface area (Å²) in [6.45, 7) is 2.52. The van der Waals surface area contributed by atoms with Crippen LogP contribution in [-0.4, -0.2) is 17.4 Å². The highest BCUT2D eigenvalue weighted by Gasteiger charge is 2.10. The molecule has 0 aliphatic rings. The first kappa shape index (κ1) is 15.3. The standard InChI is InChI=1S/C14H14Cl2N2OS/c1-9-18-10(8-20-9)5-6-17-14(19)7-11-12(15)3-2-4-13(11)16/h2-4,8H,5-7H2,1H3,(H,17,19). The lowest BCUT2D eigenvalue weighted by Crippen LogP contribution is -2.27. The van der Waals surface area contributed by atoms with Gasteiger partial charge in [-0.05, 0) is 24.6 Å². The maximum absolute atomic E-state index is 11.9. The largest absolute Gasteiger partial charge is 0.355 e. The predicted molar refractivity (Wildman–Crippen MR) is 83.7 cm³/mol. The van der Waals surface area contributed by atoms with Gasteiger partial charge in [-0.25, -0.2) is 4.98 Å². The number of hydrogen-bond acceptors (Lipinski definition) is 3. The molecule has 1 N–H and O–H groups in total. The Kier molecular flexibility index (Phi) is 5.40. The van der Waals surface area contributed by atoms with Crippen molar-refractivity contribution in [3.05, 3.63) is 49.9 Å². The highest BCUT2D eigenvalue weighted by Crippen LogP contribution is 2.24. The van der Waals surface area contributed by atoms with Crippen molar-refractivity contribution in [3.8, 4) is 0 Å². The maximum atomic E-state index is 11.9. The van der Waals surface area contributed by atoms with Crippen LogP contribution in [0.5, 0.6) is 0 Å². The van der Waals surface area contributed by atoms with E-state index >= 15 is 0 Å². The predicted octanol–water partition coefficient (Wildman–Crippen LogP) is 3.66. The molecule has 1 amide bonds. The number of nitrogens with zero attached hydrogens (tertiary/aromatic N) is 1. The Hall–Kier alpha value is -1.10. The molecule has 1 aromatic heterocycles. The van der Waals surface area contributed by atoms with E-state index in [-0.39, 0.29) is 12.3 Å². The Bertz CT molecular complexity index is 593. The molecule has 6 heteroatoms. The number of rotatable bonds is 5. The number of carbonyl (C=O) groups excluding carboxylic acids is 1. The third-order valence-electron chi connectivity index (χ3n) is 2.77. The first-order valence-electron chi connectivity index (χ1n) is 6.17. The van der Waals surface area contributed by atoms with Crippen LogP contribution < -0.4 is 5.32 Å². The van der Waals surface area contributed by atoms with Crippen LogP contribution in [0.25, 0.3) is 0 Å². The lowest BCUT2D eigenvalue weighted by atomic mass is 10.1. The van der Waals surface area contributed by atoms with Crippen molar-refractivity contribution in [1.29, 1.82) is 0 Å². The highest BCUT2D eigenvalue weighted by atomic mass is 35.5. The van der Waals surface area contributed by atoms with Gasteiger partial charge < -0.3 is 5.32 Å². The molecule has 0 bridgehead atoms.